The lowest BCUT2D eigenvalue weighted by Gasteiger charge is -2.26. The average Bonchev–Trinajstić information content (AvgIpc) is 3.14. The number of rotatable bonds is 5. The molecule has 0 aliphatic heterocycles. The van der Waals surface area contributed by atoms with Gasteiger partial charge in [0.15, 0.2) is 5.76 Å². The number of aliphatic hydroxyl groups excluding tert-OH is 1. The Labute approximate surface area is 164 Å². The van der Waals surface area contributed by atoms with Crippen LogP contribution in [0.25, 0.3) is 0 Å². The van der Waals surface area contributed by atoms with Crippen molar-refractivity contribution in [2.24, 2.45) is 0 Å². The first kappa shape index (κ1) is 20.1. The Balaban J connectivity index is 1.89. The van der Waals surface area contributed by atoms with Gasteiger partial charge in [0.1, 0.15) is 5.76 Å². The van der Waals surface area contributed by atoms with Gasteiger partial charge in [-0.3, -0.25) is 14.6 Å². The molecule has 7 nitrogen and oxygen atoms in total. The number of amides is 2. The molecule has 3 rings (SSSR count). The molecule has 1 atom stereocenters. The Kier molecular flexibility index (Phi) is 6.14. The zero-order chi connectivity index (χ0) is 20.3. The summed E-state index contributed by atoms with van der Waals surface area (Å²) in [6.07, 6.45) is 2.53. The first-order valence-corrected chi connectivity index (χ1v) is 9.67. The van der Waals surface area contributed by atoms with Crippen LogP contribution in [0.2, 0.25) is 0 Å². The number of nitrogens with one attached hydrogen (secondary N) is 2. The number of aryl methyl sites for hydroxylation is 1. The maximum Gasteiger partial charge on any atom is 0.286 e. The molecule has 150 valence electrons. The number of carbonyl (C=O) groups is 2. The van der Waals surface area contributed by atoms with E-state index >= 15 is 0 Å². The number of aromatic nitrogens is 1. The van der Waals surface area contributed by atoms with Gasteiger partial charge >= 0.3 is 0 Å². The first-order valence-electron chi connectivity index (χ1n) is 9.67. The second-order valence-electron chi connectivity index (χ2n) is 7.37. The van der Waals surface area contributed by atoms with Crippen LogP contribution in [-0.4, -0.2) is 41.1 Å². The molecule has 28 heavy (non-hydrogen) atoms. The molecule has 0 spiro atoms. The highest BCUT2D eigenvalue weighted by Gasteiger charge is 2.28. The van der Waals surface area contributed by atoms with Crippen molar-refractivity contribution in [2.45, 2.75) is 57.6 Å². The summed E-state index contributed by atoms with van der Waals surface area (Å²) in [7, 11) is 1.52. The lowest BCUT2D eigenvalue weighted by Crippen LogP contribution is -2.38. The second-order valence-corrected chi connectivity index (χ2v) is 7.37. The molecule has 1 saturated carbocycles. The molecular weight excluding hydrogens is 358 g/mol. The van der Waals surface area contributed by atoms with E-state index in [1.807, 2.05) is 32.0 Å². The zero-order valence-corrected chi connectivity index (χ0v) is 16.5. The van der Waals surface area contributed by atoms with Gasteiger partial charge in [0.2, 0.25) is 0 Å². The summed E-state index contributed by atoms with van der Waals surface area (Å²) >= 11 is 0. The predicted molar refractivity (Wildman–Crippen MR) is 104 cm³/mol. The van der Waals surface area contributed by atoms with Crippen LogP contribution in [0.4, 0.5) is 0 Å². The summed E-state index contributed by atoms with van der Waals surface area (Å²) < 4.78 is 5.80. The number of carbonyl (C=O) groups excluding carboxylic acids is 2. The summed E-state index contributed by atoms with van der Waals surface area (Å²) in [6.45, 7) is 3.81. The first-order chi connectivity index (χ1) is 13.4. The third kappa shape index (κ3) is 4.42. The quantitative estimate of drug-likeness (QED) is 0.734. The average molecular weight is 385 g/mol. The van der Waals surface area contributed by atoms with E-state index in [0.717, 1.165) is 24.2 Å². The zero-order valence-electron chi connectivity index (χ0n) is 16.5. The van der Waals surface area contributed by atoms with Gasteiger partial charge in [0.05, 0.1) is 23.3 Å². The molecule has 2 aromatic rings. The van der Waals surface area contributed by atoms with Gasteiger partial charge in [-0.15, -0.1) is 0 Å². The highest BCUT2D eigenvalue weighted by molar-refractivity contribution is 5.99. The van der Waals surface area contributed by atoms with Crippen molar-refractivity contribution in [1.29, 1.82) is 0 Å². The maximum absolute atomic E-state index is 13.0. The fraction of sp³-hybridized carbons (Fsp3) is 0.476. The van der Waals surface area contributed by atoms with Crippen molar-refractivity contribution >= 4 is 11.8 Å². The van der Waals surface area contributed by atoms with Crippen molar-refractivity contribution in [3.05, 3.63) is 52.7 Å². The monoisotopic (exact) mass is 385 g/mol. The topological polar surface area (TPSA) is 104 Å². The van der Waals surface area contributed by atoms with Crippen molar-refractivity contribution in [1.82, 2.24) is 15.6 Å². The van der Waals surface area contributed by atoms with Gasteiger partial charge in [-0.25, -0.2) is 0 Å². The fourth-order valence-corrected chi connectivity index (χ4v) is 3.56. The highest BCUT2D eigenvalue weighted by atomic mass is 16.4. The molecule has 0 aromatic carbocycles. The largest absolute Gasteiger partial charge is 0.454 e. The van der Waals surface area contributed by atoms with E-state index < -0.39 is 0 Å². The highest BCUT2D eigenvalue weighted by Crippen LogP contribution is 2.29. The van der Waals surface area contributed by atoms with Gasteiger partial charge in [-0.05, 0) is 51.7 Å². The minimum atomic E-state index is -0.384. The molecule has 3 N–H and O–H groups in total. The van der Waals surface area contributed by atoms with E-state index in [4.69, 9.17) is 4.42 Å². The van der Waals surface area contributed by atoms with E-state index in [1.54, 1.807) is 0 Å². The smallest absolute Gasteiger partial charge is 0.286 e. The van der Waals surface area contributed by atoms with Gasteiger partial charge in [0, 0.05) is 24.8 Å². The minimum absolute atomic E-state index is 0.00880. The Hall–Kier alpha value is -2.67. The van der Waals surface area contributed by atoms with Crippen molar-refractivity contribution in [3.8, 4) is 0 Å². The van der Waals surface area contributed by atoms with Crippen LogP contribution < -0.4 is 10.6 Å². The van der Waals surface area contributed by atoms with E-state index in [-0.39, 0.29) is 35.6 Å². The predicted octanol–water partition coefficient (Wildman–Crippen LogP) is 2.53. The molecule has 2 aromatic heterocycles. The van der Waals surface area contributed by atoms with Crippen LogP contribution in [-0.2, 0) is 0 Å². The van der Waals surface area contributed by atoms with E-state index in [9.17, 15) is 14.7 Å². The van der Waals surface area contributed by atoms with Crippen LogP contribution in [0.1, 0.15) is 76.6 Å². The molecule has 2 heterocycles. The normalized spacial score (nSPS) is 20.4. The minimum Gasteiger partial charge on any atom is -0.454 e. The van der Waals surface area contributed by atoms with Crippen molar-refractivity contribution < 1.29 is 19.1 Å². The Morgan fingerprint density at radius 3 is 2.57 bits per heavy atom. The molecule has 7 heteroatoms. The van der Waals surface area contributed by atoms with Crippen LogP contribution in [0.15, 0.2) is 28.7 Å². The fourth-order valence-electron chi connectivity index (χ4n) is 3.56. The number of hydrogen-bond donors (Lipinski definition) is 3. The van der Waals surface area contributed by atoms with Gasteiger partial charge in [-0.1, -0.05) is 6.07 Å². The molecule has 1 aliphatic carbocycles. The van der Waals surface area contributed by atoms with Gasteiger partial charge in [-0.2, -0.15) is 0 Å². The Morgan fingerprint density at radius 2 is 1.93 bits per heavy atom. The number of pyridine rings is 1. The molecular formula is C21H27N3O4. The number of hydrogen-bond acceptors (Lipinski definition) is 5. The summed E-state index contributed by atoms with van der Waals surface area (Å²) in [6, 6.07) is 7.19. The van der Waals surface area contributed by atoms with E-state index in [2.05, 4.69) is 15.6 Å². The maximum atomic E-state index is 13.0. The Morgan fingerprint density at radius 1 is 1.21 bits per heavy atom. The number of furan rings is 1. The standard InChI is InChI=1S/C21H27N3O4/c1-12-5-4-6-17(23-12)13(2)19-16(11-18(28-19)21(27)22-3)20(26)24-14-7-9-15(25)10-8-14/h4-6,11,13-15,25H,7-10H2,1-3H3,(H,22,27)(H,24,26)/t13-,14-,15-/m0/s1. The molecule has 0 saturated heterocycles. The molecule has 0 unspecified atom stereocenters. The third-order valence-electron chi connectivity index (χ3n) is 5.24. The van der Waals surface area contributed by atoms with Gasteiger partial charge in [0.25, 0.3) is 11.8 Å². The van der Waals surface area contributed by atoms with Crippen LogP contribution in [0.5, 0.6) is 0 Å². The molecule has 2 amide bonds. The van der Waals surface area contributed by atoms with Crippen molar-refractivity contribution in [2.75, 3.05) is 7.05 Å². The molecule has 0 radical (unpaired) electrons. The third-order valence-corrected chi connectivity index (χ3v) is 5.24. The summed E-state index contributed by atoms with van der Waals surface area (Å²) in [5, 5.41) is 15.2. The second kappa shape index (κ2) is 8.56. The SMILES string of the molecule is CNC(=O)c1cc(C(=O)N[C@H]2CC[C@H](O)CC2)c([C@@H](C)c2cccc(C)n2)o1. The molecule has 0 bridgehead atoms. The summed E-state index contributed by atoms with van der Waals surface area (Å²) in [5.41, 5.74) is 1.99. The lowest BCUT2D eigenvalue weighted by atomic mass is 9.92. The number of aliphatic hydroxyl groups is 1. The van der Waals surface area contributed by atoms with Gasteiger partial charge < -0.3 is 20.2 Å². The van der Waals surface area contributed by atoms with E-state index in [1.165, 1.54) is 13.1 Å². The molecule has 1 aliphatic rings. The lowest BCUT2D eigenvalue weighted by molar-refractivity contribution is 0.0864. The van der Waals surface area contributed by atoms with Crippen LogP contribution in [0, 0.1) is 6.92 Å². The Bertz CT molecular complexity index is 853. The summed E-state index contributed by atoms with van der Waals surface area (Å²) in [5.74, 6) is -0.418. The van der Waals surface area contributed by atoms with Crippen LogP contribution >= 0.6 is 0 Å². The van der Waals surface area contributed by atoms with E-state index in [0.29, 0.717) is 24.2 Å². The number of nitrogens with zero attached hydrogens (tertiary/aromatic N) is 1. The van der Waals surface area contributed by atoms with Crippen molar-refractivity contribution in [3.63, 3.8) is 0 Å². The van der Waals surface area contributed by atoms with Crippen LogP contribution in [0.3, 0.4) is 0 Å². The summed E-state index contributed by atoms with van der Waals surface area (Å²) in [4.78, 5) is 29.5. The molecule has 1 fully saturated rings.